The zero-order valence-electron chi connectivity index (χ0n) is 18.5. The average Bonchev–Trinajstić information content (AvgIpc) is 3.50. The predicted octanol–water partition coefficient (Wildman–Crippen LogP) is 7.47. The van der Waals surface area contributed by atoms with Crippen molar-refractivity contribution in [2.24, 2.45) is 0 Å². The second kappa shape index (κ2) is 11.1. The zero-order chi connectivity index (χ0) is 23.0. The number of rotatable bonds is 0. The summed E-state index contributed by atoms with van der Waals surface area (Å²) in [5.74, 6) is 2.85. The van der Waals surface area contributed by atoms with Gasteiger partial charge in [0.05, 0.1) is 25.7 Å². The number of ether oxygens (including phenoxy) is 4. The van der Waals surface area contributed by atoms with Crippen LogP contribution in [0.3, 0.4) is 0 Å². The van der Waals surface area contributed by atoms with Gasteiger partial charge < -0.3 is 18.9 Å². The van der Waals surface area contributed by atoms with Gasteiger partial charge in [-0.1, -0.05) is 24.3 Å². The standard InChI is InChI=1S/C28H24O4S2/c1-2-6-26-25(5-1)29-13-9-21-17-33-19-23(21)11-15-31-27-7-3-4-8-28(27)32-16-12-24-20-34-18-22(24)10-14-30-26/h1-10,13-14,17-20H,11-12,15-16H2/b13-9+,14-10+. The lowest BCUT2D eigenvalue weighted by Crippen LogP contribution is -2.06. The van der Waals surface area contributed by atoms with E-state index in [0.29, 0.717) is 24.7 Å². The summed E-state index contributed by atoms with van der Waals surface area (Å²) >= 11 is 3.34. The van der Waals surface area contributed by atoms with Crippen LogP contribution < -0.4 is 18.9 Å². The van der Waals surface area contributed by atoms with E-state index < -0.39 is 0 Å². The third kappa shape index (κ3) is 5.53. The molecule has 3 heterocycles. The maximum Gasteiger partial charge on any atom is 0.168 e. The Bertz CT molecular complexity index is 1190. The van der Waals surface area contributed by atoms with E-state index in [1.54, 1.807) is 35.2 Å². The second-order valence-electron chi connectivity index (χ2n) is 7.64. The monoisotopic (exact) mass is 488 g/mol. The summed E-state index contributed by atoms with van der Waals surface area (Å²) in [4.78, 5) is 0. The Morgan fingerprint density at radius 2 is 0.971 bits per heavy atom. The van der Waals surface area contributed by atoms with Crippen molar-refractivity contribution in [3.05, 3.63) is 105 Å². The molecule has 34 heavy (non-hydrogen) atoms. The molecule has 0 saturated heterocycles. The highest BCUT2D eigenvalue weighted by molar-refractivity contribution is 7.08. The summed E-state index contributed by atoms with van der Waals surface area (Å²) in [6, 6.07) is 15.5. The highest BCUT2D eigenvalue weighted by atomic mass is 32.1. The van der Waals surface area contributed by atoms with E-state index in [1.807, 2.05) is 60.7 Å². The topological polar surface area (TPSA) is 36.9 Å². The van der Waals surface area contributed by atoms with Gasteiger partial charge in [-0.05, 0) is 80.2 Å². The molecule has 0 N–H and O–H groups in total. The van der Waals surface area contributed by atoms with E-state index in [1.165, 1.54) is 11.1 Å². The van der Waals surface area contributed by atoms with Crippen molar-refractivity contribution in [3.63, 3.8) is 0 Å². The van der Waals surface area contributed by atoms with Gasteiger partial charge in [0.15, 0.2) is 23.0 Å². The second-order valence-corrected chi connectivity index (χ2v) is 9.12. The van der Waals surface area contributed by atoms with E-state index in [0.717, 1.165) is 35.5 Å². The number of benzene rings is 2. The molecule has 4 nitrogen and oxygen atoms in total. The third-order valence-electron chi connectivity index (χ3n) is 5.39. The quantitative estimate of drug-likeness (QED) is 0.257. The molecule has 0 amide bonds. The van der Waals surface area contributed by atoms with Gasteiger partial charge in [-0.25, -0.2) is 0 Å². The van der Waals surface area contributed by atoms with E-state index in [9.17, 15) is 0 Å². The molecule has 5 rings (SSSR count). The van der Waals surface area contributed by atoms with Crippen LogP contribution in [0.2, 0.25) is 0 Å². The summed E-state index contributed by atoms with van der Waals surface area (Å²) in [6.07, 6.45) is 8.95. The number of hydrogen-bond donors (Lipinski definition) is 0. The van der Waals surface area contributed by atoms with Crippen molar-refractivity contribution in [1.29, 1.82) is 0 Å². The first-order valence-corrected chi connectivity index (χ1v) is 13.0. The van der Waals surface area contributed by atoms with Crippen LogP contribution in [0.1, 0.15) is 22.3 Å². The minimum atomic E-state index is 0.564. The molecular formula is C28H24O4S2. The molecule has 4 aromatic rings. The molecule has 1 aliphatic heterocycles. The van der Waals surface area contributed by atoms with Crippen LogP contribution in [0, 0.1) is 0 Å². The predicted molar refractivity (Wildman–Crippen MR) is 139 cm³/mol. The lowest BCUT2D eigenvalue weighted by atomic mass is 10.1. The molecule has 2 aromatic carbocycles. The number of fused-ring (bicyclic) bond motifs is 4. The molecule has 0 saturated carbocycles. The molecule has 0 atom stereocenters. The van der Waals surface area contributed by atoms with Crippen LogP contribution in [0.15, 0.2) is 82.6 Å². The molecule has 0 radical (unpaired) electrons. The Balaban J connectivity index is 1.41. The molecular weight excluding hydrogens is 464 g/mol. The highest BCUT2D eigenvalue weighted by Crippen LogP contribution is 2.29. The van der Waals surface area contributed by atoms with E-state index in [2.05, 4.69) is 21.5 Å². The normalized spacial score (nSPS) is 16.0. The summed E-state index contributed by atoms with van der Waals surface area (Å²) in [7, 11) is 0. The maximum absolute atomic E-state index is 6.10. The number of para-hydroxylation sites is 4. The fraction of sp³-hybridized carbons (Fsp3) is 0.143. The Labute approximate surface area is 207 Å². The average molecular weight is 489 g/mol. The minimum Gasteiger partial charge on any atom is -0.489 e. The Hall–Kier alpha value is -3.48. The van der Waals surface area contributed by atoms with E-state index >= 15 is 0 Å². The van der Waals surface area contributed by atoms with Gasteiger partial charge in [0.25, 0.3) is 0 Å². The first-order valence-electron chi connectivity index (χ1n) is 11.1. The van der Waals surface area contributed by atoms with Crippen molar-refractivity contribution in [2.75, 3.05) is 13.2 Å². The number of thiophene rings is 2. The summed E-state index contributed by atoms with van der Waals surface area (Å²) in [5.41, 5.74) is 4.68. The van der Waals surface area contributed by atoms with Crippen LogP contribution >= 0.6 is 22.7 Å². The lowest BCUT2D eigenvalue weighted by molar-refractivity contribution is 0.272. The van der Waals surface area contributed by atoms with Crippen LogP contribution in [-0.2, 0) is 12.8 Å². The van der Waals surface area contributed by atoms with E-state index in [4.69, 9.17) is 18.9 Å². The van der Waals surface area contributed by atoms with Crippen LogP contribution in [0.5, 0.6) is 23.0 Å². The first-order chi connectivity index (χ1) is 16.9. The summed E-state index contributed by atoms with van der Waals surface area (Å²) in [6.45, 7) is 1.13. The van der Waals surface area contributed by atoms with Gasteiger partial charge in [0, 0.05) is 12.8 Å². The Morgan fingerprint density at radius 3 is 1.44 bits per heavy atom. The van der Waals surface area contributed by atoms with Crippen molar-refractivity contribution < 1.29 is 18.9 Å². The van der Waals surface area contributed by atoms with Crippen LogP contribution in [0.4, 0.5) is 0 Å². The van der Waals surface area contributed by atoms with E-state index in [-0.39, 0.29) is 0 Å². The van der Waals surface area contributed by atoms with Gasteiger partial charge in [-0.15, -0.1) is 0 Å². The van der Waals surface area contributed by atoms with Crippen molar-refractivity contribution in [2.45, 2.75) is 12.8 Å². The molecule has 0 fully saturated rings. The molecule has 6 heteroatoms. The zero-order valence-corrected chi connectivity index (χ0v) is 20.1. The fourth-order valence-corrected chi connectivity index (χ4v) is 5.33. The first kappa shape index (κ1) is 22.3. The fourth-order valence-electron chi connectivity index (χ4n) is 3.60. The molecule has 2 aromatic heterocycles. The van der Waals surface area contributed by atoms with Crippen molar-refractivity contribution >= 4 is 34.8 Å². The highest BCUT2D eigenvalue weighted by Gasteiger charge is 2.09. The minimum absolute atomic E-state index is 0.564. The van der Waals surface area contributed by atoms with Crippen molar-refractivity contribution in [3.8, 4) is 23.0 Å². The third-order valence-corrected chi connectivity index (χ3v) is 7.01. The molecule has 0 bridgehead atoms. The van der Waals surface area contributed by atoms with Gasteiger partial charge >= 0.3 is 0 Å². The van der Waals surface area contributed by atoms with Gasteiger partial charge in [-0.3, -0.25) is 0 Å². The van der Waals surface area contributed by atoms with Gasteiger partial charge in [-0.2, -0.15) is 22.7 Å². The van der Waals surface area contributed by atoms with Crippen LogP contribution in [0.25, 0.3) is 12.2 Å². The molecule has 0 aliphatic carbocycles. The van der Waals surface area contributed by atoms with Crippen LogP contribution in [-0.4, -0.2) is 13.2 Å². The Kier molecular flexibility index (Phi) is 7.28. The smallest absolute Gasteiger partial charge is 0.168 e. The molecule has 0 spiro atoms. The van der Waals surface area contributed by atoms with Crippen molar-refractivity contribution in [1.82, 2.24) is 0 Å². The maximum atomic E-state index is 6.10. The largest absolute Gasteiger partial charge is 0.489 e. The SMILES string of the molecule is C1=C/c2cscc2CCOc2ccccc2OCCc2cscc2/C=C/Oc2ccccc2O/1. The molecule has 0 unspecified atom stereocenters. The van der Waals surface area contributed by atoms with Gasteiger partial charge in [0.2, 0.25) is 0 Å². The lowest BCUT2D eigenvalue weighted by Gasteiger charge is -2.13. The molecule has 1 aliphatic rings. The number of hydrogen-bond acceptors (Lipinski definition) is 6. The van der Waals surface area contributed by atoms with Gasteiger partial charge in [0.1, 0.15) is 0 Å². The summed E-state index contributed by atoms with van der Waals surface area (Å²) < 4.78 is 24.0. The summed E-state index contributed by atoms with van der Waals surface area (Å²) in [5, 5.41) is 8.53. The molecule has 172 valence electrons. The Morgan fingerprint density at radius 1 is 0.529 bits per heavy atom.